The molecule has 0 aliphatic rings. The number of likely N-dealkylation sites (N-methyl/N-ethyl adjacent to an activating group) is 1. The summed E-state index contributed by atoms with van der Waals surface area (Å²) >= 11 is 0. The zero-order valence-corrected chi connectivity index (χ0v) is 18.4. The van der Waals surface area contributed by atoms with Crippen LogP contribution in [-0.2, 0) is 14.8 Å². The van der Waals surface area contributed by atoms with Crippen molar-refractivity contribution in [3.63, 3.8) is 0 Å². The van der Waals surface area contributed by atoms with E-state index in [-0.39, 0.29) is 22.9 Å². The fourth-order valence-corrected chi connectivity index (χ4v) is 3.96. The molecule has 0 unspecified atom stereocenters. The second-order valence-electron chi connectivity index (χ2n) is 6.94. The van der Waals surface area contributed by atoms with Gasteiger partial charge >= 0.3 is 0 Å². The molecule has 3 rings (SSSR count). The smallest absolute Gasteiger partial charge is 0.261 e. The molecule has 166 valence electrons. The van der Waals surface area contributed by atoms with Crippen LogP contribution in [0.25, 0.3) is 0 Å². The quantitative estimate of drug-likeness (QED) is 0.545. The van der Waals surface area contributed by atoms with Crippen LogP contribution in [0.15, 0.2) is 83.8 Å². The van der Waals surface area contributed by atoms with E-state index in [4.69, 9.17) is 4.74 Å². The number of hydrogen-bond donors (Lipinski definition) is 2. The summed E-state index contributed by atoms with van der Waals surface area (Å²) in [6, 6.07) is 20.9. The lowest BCUT2D eigenvalue weighted by molar-refractivity contribution is -0.116. The van der Waals surface area contributed by atoms with E-state index in [0.717, 1.165) is 0 Å². The van der Waals surface area contributed by atoms with Crippen molar-refractivity contribution in [1.82, 2.24) is 4.90 Å². The molecule has 3 aromatic rings. The maximum absolute atomic E-state index is 12.6. The summed E-state index contributed by atoms with van der Waals surface area (Å²) in [6.45, 7) is -0.175. The molecular formula is C23H23N3O5S. The molecule has 2 N–H and O–H groups in total. The number of methoxy groups -OCH3 is 1. The van der Waals surface area contributed by atoms with E-state index in [1.807, 2.05) is 0 Å². The molecule has 0 atom stereocenters. The molecule has 9 heteroatoms. The van der Waals surface area contributed by atoms with Crippen molar-refractivity contribution in [1.29, 1.82) is 0 Å². The first-order valence-corrected chi connectivity index (χ1v) is 11.1. The summed E-state index contributed by atoms with van der Waals surface area (Å²) in [5.74, 6) is -0.185. The van der Waals surface area contributed by atoms with Gasteiger partial charge in [0.25, 0.3) is 15.9 Å². The van der Waals surface area contributed by atoms with Crippen LogP contribution in [0.5, 0.6) is 5.75 Å². The van der Waals surface area contributed by atoms with E-state index in [2.05, 4.69) is 10.0 Å². The molecule has 0 fully saturated rings. The summed E-state index contributed by atoms with van der Waals surface area (Å²) in [4.78, 5) is 26.2. The van der Waals surface area contributed by atoms with Gasteiger partial charge in [-0.3, -0.25) is 14.3 Å². The van der Waals surface area contributed by atoms with Gasteiger partial charge in [0.1, 0.15) is 5.75 Å². The third kappa shape index (κ3) is 5.86. The van der Waals surface area contributed by atoms with Gasteiger partial charge in [0.15, 0.2) is 0 Å². The number of anilines is 2. The van der Waals surface area contributed by atoms with Crippen molar-refractivity contribution in [2.75, 3.05) is 30.7 Å². The van der Waals surface area contributed by atoms with Gasteiger partial charge in [0.05, 0.1) is 18.6 Å². The third-order valence-corrected chi connectivity index (χ3v) is 5.92. The number of carbonyl (C=O) groups is 2. The van der Waals surface area contributed by atoms with Gasteiger partial charge in [-0.2, -0.15) is 0 Å². The van der Waals surface area contributed by atoms with E-state index in [9.17, 15) is 18.0 Å². The molecular weight excluding hydrogens is 430 g/mol. The lowest BCUT2D eigenvalue weighted by Gasteiger charge is -2.17. The molecule has 0 radical (unpaired) electrons. The maximum atomic E-state index is 12.6. The van der Waals surface area contributed by atoms with Crippen molar-refractivity contribution in [2.24, 2.45) is 0 Å². The Labute approximate surface area is 186 Å². The number of benzene rings is 3. The number of carbonyl (C=O) groups excluding carboxylic acids is 2. The topological polar surface area (TPSA) is 105 Å². The van der Waals surface area contributed by atoms with Crippen molar-refractivity contribution in [3.05, 3.63) is 84.4 Å². The van der Waals surface area contributed by atoms with E-state index in [1.165, 1.54) is 43.3 Å². The Balaban J connectivity index is 1.62. The Hall–Kier alpha value is -3.85. The fourth-order valence-electron chi connectivity index (χ4n) is 2.91. The Morgan fingerprint density at radius 2 is 1.56 bits per heavy atom. The van der Waals surface area contributed by atoms with Crippen LogP contribution in [-0.4, -0.2) is 45.8 Å². The molecule has 32 heavy (non-hydrogen) atoms. The first-order valence-electron chi connectivity index (χ1n) is 9.66. The molecule has 8 nitrogen and oxygen atoms in total. The Morgan fingerprint density at radius 3 is 2.22 bits per heavy atom. The molecule has 0 saturated heterocycles. The second-order valence-corrected chi connectivity index (χ2v) is 8.62. The summed E-state index contributed by atoms with van der Waals surface area (Å²) in [6.07, 6.45) is 0. The minimum atomic E-state index is -3.78. The van der Waals surface area contributed by atoms with Crippen LogP contribution in [0.2, 0.25) is 0 Å². The average molecular weight is 454 g/mol. The zero-order valence-electron chi connectivity index (χ0n) is 17.6. The average Bonchev–Trinajstić information content (AvgIpc) is 2.79. The molecule has 0 heterocycles. The summed E-state index contributed by atoms with van der Waals surface area (Å²) < 4.78 is 32.6. The minimum absolute atomic E-state index is 0.0244. The SMILES string of the molecule is COc1cccc(NC(=O)CN(C)C(=O)c2ccc(S(=O)(=O)Nc3ccccc3)cc2)c1. The number of amides is 2. The minimum Gasteiger partial charge on any atom is -0.497 e. The van der Waals surface area contributed by atoms with Gasteiger partial charge in [-0.15, -0.1) is 0 Å². The summed E-state index contributed by atoms with van der Waals surface area (Å²) in [5.41, 5.74) is 1.26. The molecule has 0 bridgehead atoms. The number of nitrogens with one attached hydrogen (secondary N) is 2. The monoisotopic (exact) mass is 453 g/mol. The van der Waals surface area contributed by atoms with E-state index in [1.54, 1.807) is 54.6 Å². The number of hydrogen-bond acceptors (Lipinski definition) is 5. The van der Waals surface area contributed by atoms with Crippen LogP contribution in [0.4, 0.5) is 11.4 Å². The van der Waals surface area contributed by atoms with Crippen LogP contribution in [0.3, 0.4) is 0 Å². The van der Waals surface area contributed by atoms with E-state index >= 15 is 0 Å². The number of para-hydroxylation sites is 1. The van der Waals surface area contributed by atoms with Gasteiger partial charge < -0.3 is 15.0 Å². The van der Waals surface area contributed by atoms with Crippen LogP contribution >= 0.6 is 0 Å². The number of rotatable bonds is 8. The molecule has 0 spiro atoms. The maximum Gasteiger partial charge on any atom is 0.261 e. The van der Waals surface area contributed by atoms with Gasteiger partial charge in [0.2, 0.25) is 5.91 Å². The normalized spacial score (nSPS) is 10.8. The number of sulfonamides is 1. The van der Waals surface area contributed by atoms with Crippen molar-refractivity contribution >= 4 is 33.2 Å². The van der Waals surface area contributed by atoms with Crippen LogP contribution in [0.1, 0.15) is 10.4 Å². The molecule has 0 aliphatic heterocycles. The van der Waals surface area contributed by atoms with Gasteiger partial charge in [-0.1, -0.05) is 24.3 Å². The predicted octanol–water partition coefficient (Wildman–Crippen LogP) is 3.21. The molecule has 2 amide bonds. The van der Waals surface area contributed by atoms with Gasteiger partial charge in [-0.05, 0) is 48.5 Å². The van der Waals surface area contributed by atoms with Crippen molar-refractivity contribution in [3.8, 4) is 5.75 Å². The lowest BCUT2D eigenvalue weighted by Crippen LogP contribution is -2.34. The molecule has 0 aromatic heterocycles. The Kier molecular flexibility index (Phi) is 7.11. The highest BCUT2D eigenvalue weighted by Gasteiger charge is 2.18. The zero-order chi connectivity index (χ0) is 23.1. The fraction of sp³-hybridized carbons (Fsp3) is 0.130. The van der Waals surface area contributed by atoms with Crippen LogP contribution in [0, 0.1) is 0 Å². The second kappa shape index (κ2) is 9.97. The largest absolute Gasteiger partial charge is 0.497 e. The highest BCUT2D eigenvalue weighted by atomic mass is 32.2. The summed E-state index contributed by atoms with van der Waals surface area (Å²) in [7, 11) is -0.760. The first kappa shape index (κ1) is 22.8. The lowest BCUT2D eigenvalue weighted by atomic mass is 10.2. The highest BCUT2D eigenvalue weighted by molar-refractivity contribution is 7.92. The standard InChI is InChI=1S/C23H23N3O5S/c1-26(16-22(27)24-19-9-6-10-20(15-19)31-2)23(28)17-11-13-21(14-12-17)32(29,30)25-18-7-4-3-5-8-18/h3-15,25H,16H2,1-2H3,(H,24,27). The highest BCUT2D eigenvalue weighted by Crippen LogP contribution is 2.18. The van der Waals surface area contributed by atoms with E-state index < -0.39 is 15.9 Å². The van der Waals surface area contributed by atoms with Gasteiger partial charge in [-0.25, -0.2) is 8.42 Å². The molecule has 0 saturated carbocycles. The molecule has 0 aliphatic carbocycles. The first-order chi connectivity index (χ1) is 15.3. The molecule has 3 aromatic carbocycles. The Morgan fingerprint density at radius 1 is 0.906 bits per heavy atom. The van der Waals surface area contributed by atoms with Crippen molar-refractivity contribution < 1.29 is 22.7 Å². The van der Waals surface area contributed by atoms with Crippen molar-refractivity contribution in [2.45, 2.75) is 4.90 Å². The predicted molar refractivity (Wildman–Crippen MR) is 122 cm³/mol. The Bertz CT molecular complexity index is 1200. The number of nitrogens with zero attached hydrogens (tertiary/aromatic N) is 1. The van der Waals surface area contributed by atoms with Gasteiger partial charge in [0, 0.05) is 30.1 Å². The summed E-state index contributed by atoms with van der Waals surface area (Å²) in [5, 5.41) is 2.71. The third-order valence-electron chi connectivity index (χ3n) is 4.52. The number of ether oxygens (including phenoxy) is 1. The van der Waals surface area contributed by atoms with Crippen LogP contribution < -0.4 is 14.8 Å². The van der Waals surface area contributed by atoms with E-state index in [0.29, 0.717) is 17.1 Å².